The van der Waals surface area contributed by atoms with Gasteiger partial charge in [-0.2, -0.15) is 0 Å². The molecular formula is C12H17Cl2NS. The van der Waals surface area contributed by atoms with E-state index < -0.39 is 0 Å². The summed E-state index contributed by atoms with van der Waals surface area (Å²) in [5.74, 6) is 1.74. The number of nitrogens with one attached hydrogen (secondary N) is 1. The minimum absolute atomic E-state index is 0.617. The molecule has 0 aliphatic heterocycles. The number of benzene rings is 1. The maximum absolute atomic E-state index is 5.96. The standard InChI is InChI=1S/C12H17Cl2NS/c1-3-15-7-9(2)8-16-10-4-5-11(13)12(14)6-10/h4-6,9,15H,3,7-8H2,1-2H3. The number of hydrogen-bond donors (Lipinski definition) is 1. The molecule has 0 heterocycles. The number of rotatable bonds is 6. The molecule has 0 amide bonds. The van der Waals surface area contributed by atoms with Crippen molar-refractivity contribution in [1.82, 2.24) is 5.32 Å². The van der Waals surface area contributed by atoms with Crippen LogP contribution in [0.15, 0.2) is 23.1 Å². The van der Waals surface area contributed by atoms with Crippen molar-refractivity contribution in [3.8, 4) is 0 Å². The molecule has 0 spiro atoms. The molecule has 16 heavy (non-hydrogen) atoms. The van der Waals surface area contributed by atoms with Crippen LogP contribution in [0.5, 0.6) is 0 Å². The van der Waals surface area contributed by atoms with Crippen LogP contribution in [0, 0.1) is 5.92 Å². The Morgan fingerprint density at radius 2 is 2.06 bits per heavy atom. The average molecular weight is 278 g/mol. The zero-order valence-corrected chi connectivity index (χ0v) is 11.9. The van der Waals surface area contributed by atoms with Gasteiger partial charge >= 0.3 is 0 Å². The Balaban J connectivity index is 2.39. The smallest absolute Gasteiger partial charge is 0.0603 e. The first-order valence-electron chi connectivity index (χ1n) is 5.42. The first-order chi connectivity index (χ1) is 7.63. The van der Waals surface area contributed by atoms with Crippen LogP contribution in [0.4, 0.5) is 0 Å². The van der Waals surface area contributed by atoms with Gasteiger partial charge in [0.15, 0.2) is 0 Å². The lowest BCUT2D eigenvalue weighted by Gasteiger charge is -2.11. The topological polar surface area (TPSA) is 12.0 Å². The molecule has 0 aliphatic carbocycles. The van der Waals surface area contributed by atoms with Crippen molar-refractivity contribution < 1.29 is 0 Å². The second kappa shape index (κ2) is 7.44. The average Bonchev–Trinajstić information content (AvgIpc) is 2.28. The molecule has 0 saturated carbocycles. The van der Waals surface area contributed by atoms with Gasteiger partial charge in [-0.1, -0.05) is 37.0 Å². The second-order valence-electron chi connectivity index (χ2n) is 3.80. The quantitative estimate of drug-likeness (QED) is 0.777. The number of thioether (sulfide) groups is 1. The summed E-state index contributed by atoms with van der Waals surface area (Å²) >= 11 is 13.6. The summed E-state index contributed by atoms with van der Waals surface area (Å²) in [6, 6.07) is 5.79. The van der Waals surface area contributed by atoms with Crippen LogP contribution in [0.2, 0.25) is 10.0 Å². The molecule has 0 radical (unpaired) electrons. The summed E-state index contributed by atoms with van der Waals surface area (Å²) in [6.45, 7) is 6.46. The zero-order valence-electron chi connectivity index (χ0n) is 9.59. The van der Waals surface area contributed by atoms with Gasteiger partial charge in [0.05, 0.1) is 10.0 Å². The van der Waals surface area contributed by atoms with Gasteiger partial charge in [-0.25, -0.2) is 0 Å². The molecule has 1 nitrogen and oxygen atoms in total. The maximum Gasteiger partial charge on any atom is 0.0603 e. The van der Waals surface area contributed by atoms with Crippen LogP contribution in [-0.4, -0.2) is 18.8 Å². The zero-order chi connectivity index (χ0) is 12.0. The highest BCUT2D eigenvalue weighted by molar-refractivity contribution is 7.99. The summed E-state index contributed by atoms with van der Waals surface area (Å²) in [4.78, 5) is 1.18. The molecular weight excluding hydrogens is 261 g/mol. The lowest BCUT2D eigenvalue weighted by molar-refractivity contribution is 0.574. The Morgan fingerprint density at radius 1 is 1.31 bits per heavy atom. The minimum atomic E-state index is 0.617. The monoisotopic (exact) mass is 277 g/mol. The van der Waals surface area contributed by atoms with E-state index in [0.717, 1.165) is 18.8 Å². The van der Waals surface area contributed by atoms with Crippen molar-refractivity contribution in [2.24, 2.45) is 5.92 Å². The van der Waals surface area contributed by atoms with E-state index in [2.05, 4.69) is 19.2 Å². The van der Waals surface area contributed by atoms with E-state index in [4.69, 9.17) is 23.2 Å². The predicted octanol–water partition coefficient (Wildman–Crippen LogP) is 4.33. The van der Waals surface area contributed by atoms with Crippen molar-refractivity contribution in [2.45, 2.75) is 18.7 Å². The molecule has 1 N–H and O–H groups in total. The van der Waals surface area contributed by atoms with Crippen molar-refractivity contribution in [3.63, 3.8) is 0 Å². The SMILES string of the molecule is CCNCC(C)CSc1ccc(Cl)c(Cl)c1. The van der Waals surface area contributed by atoms with E-state index in [1.54, 1.807) is 0 Å². The molecule has 1 rings (SSSR count). The highest BCUT2D eigenvalue weighted by Crippen LogP contribution is 2.28. The molecule has 0 aromatic heterocycles. The maximum atomic E-state index is 5.96. The molecule has 0 aliphatic rings. The first-order valence-corrected chi connectivity index (χ1v) is 7.16. The molecule has 4 heteroatoms. The molecule has 1 aromatic carbocycles. The Bertz CT molecular complexity index is 331. The van der Waals surface area contributed by atoms with Crippen LogP contribution in [0.1, 0.15) is 13.8 Å². The van der Waals surface area contributed by atoms with Gasteiger partial charge in [-0.15, -0.1) is 11.8 Å². The lowest BCUT2D eigenvalue weighted by atomic mass is 10.2. The summed E-state index contributed by atoms with van der Waals surface area (Å²) < 4.78 is 0. The number of halogens is 2. The van der Waals surface area contributed by atoms with Crippen LogP contribution in [0.25, 0.3) is 0 Å². The summed E-state index contributed by atoms with van der Waals surface area (Å²) in [5, 5.41) is 4.59. The number of hydrogen-bond acceptors (Lipinski definition) is 2. The van der Waals surface area contributed by atoms with E-state index in [-0.39, 0.29) is 0 Å². The van der Waals surface area contributed by atoms with Gasteiger partial charge in [-0.3, -0.25) is 0 Å². The Labute approximate surface area is 112 Å². The summed E-state index contributed by atoms with van der Waals surface area (Å²) in [7, 11) is 0. The summed E-state index contributed by atoms with van der Waals surface area (Å²) in [5.41, 5.74) is 0. The Morgan fingerprint density at radius 3 is 2.69 bits per heavy atom. The van der Waals surface area contributed by atoms with Crippen molar-refractivity contribution in [3.05, 3.63) is 28.2 Å². The van der Waals surface area contributed by atoms with Gasteiger partial charge in [0.25, 0.3) is 0 Å². The van der Waals surface area contributed by atoms with Gasteiger partial charge in [-0.05, 0) is 37.2 Å². The normalized spacial score (nSPS) is 12.8. The van der Waals surface area contributed by atoms with Crippen LogP contribution >= 0.6 is 35.0 Å². The highest BCUT2D eigenvalue weighted by atomic mass is 35.5. The lowest BCUT2D eigenvalue weighted by Crippen LogP contribution is -2.21. The van der Waals surface area contributed by atoms with E-state index in [0.29, 0.717) is 16.0 Å². The third-order valence-corrected chi connectivity index (χ3v) is 4.23. The van der Waals surface area contributed by atoms with Crippen LogP contribution in [0.3, 0.4) is 0 Å². The summed E-state index contributed by atoms with van der Waals surface area (Å²) in [6.07, 6.45) is 0. The van der Waals surface area contributed by atoms with Gasteiger partial charge < -0.3 is 5.32 Å². The van der Waals surface area contributed by atoms with E-state index in [9.17, 15) is 0 Å². The molecule has 1 aromatic rings. The third-order valence-electron chi connectivity index (χ3n) is 2.17. The molecule has 1 atom stereocenters. The van der Waals surface area contributed by atoms with Gasteiger partial charge in [0.1, 0.15) is 0 Å². The minimum Gasteiger partial charge on any atom is -0.317 e. The molecule has 0 bridgehead atoms. The van der Waals surface area contributed by atoms with Crippen molar-refractivity contribution >= 4 is 35.0 Å². The molecule has 0 fully saturated rings. The van der Waals surface area contributed by atoms with Crippen molar-refractivity contribution in [2.75, 3.05) is 18.8 Å². The molecule has 1 unspecified atom stereocenters. The van der Waals surface area contributed by atoms with E-state index in [1.165, 1.54) is 4.90 Å². The fourth-order valence-corrected chi connectivity index (χ4v) is 2.58. The second-order valence-corrected chi connectivity index (χ2v) is 5.71. The first kappa shape index (κ1) is 14.2. The Hall–Kier alpha value is 0.110. The van der Waals surface area contributed by atoms with Crippen LogP contribution < -0.4 is 5.32 Å². The predicted molar refractivity (Wildman–Crippen MR) is 74.9 cm³/mol. The highest BCUT2D eigenvalue weighted by Gasteiger charge is 2.04. The fraction of sp³-hybridized carbons (Fsp3) is 0.500. The largest absolute Gasteiger partial charge is 0.317 e. The third kappa shape index (κ3) is 4.96. The van der Waals surface area contributed by atoms with Crippen molar-refractivity contribution in [1.29, 1.82) is 0 Å². The van der Waals surface area contributed by atoms with Crippen LogP contribution in [-0.2, 0) is 0 Å². The van der Waals surface area contributed by atoms with E-state index >= 15 is 0 Å². The van der Waals surface area contributed by atoms with Gasteiger partial charge in [0.2, 0.25) is 0 Å². The molecule has 0 saturated heterocycles. The van der Waals surface area contributed by atoms with Gasteiger partial charge in [0, 0.05) is 10.6 Å². The van der Waals surface area contributed by atoms with E-state index in [1.807, 2.05) is 30.0 Å². The Kier molecular flexibility index (Phi) is 6.59. The fourth-order valence-electron chi connectivity index (χ4n) is 1.25. The molecule has 90 valence electrons.